The molecule has 1 aromatic heterocycles. The Bertz CT molecular complexity index is 428. The fourth-order valence-electron chi connectivity index (χ4n) is 2.02. The Kier molecular flexibility index (Phi) is 3.78. The van der Waals surface area contributed by atoms with Crippen molar-refractivity contribution >= 4 is 28.5 Å². The molecule has 0 aromatic carbocycles. The molecule has 1 saturated heterocycles. The molecule has 1 unspecified atom stereocenters. The molecule has 17 heavy (non-hydrogen) atoms. The monoisotopic (exact) mass is 252 g/mol. The van der Waals surface area contributed by atoms with Crippen LogP contribution in [0.15, 0.2) is 11.5 Å². The van der Waals surface area contributed by atoms with Gasteiger partial charge in [-0.25, -0.2) is 9.78 Å². The van der Waals surface area contributed by atoms with Gasteiger partial charge >= 0.3 is 5.97 Å². The summed E-state index contributed by atoms with van der Waals surface area (Å²) >= 11 is 1.58. The number of rotatable bonds is 3. The Balaban J connectivity index is 2.09. The van der Waals surface area contributed by atoms with Crippen molar-refractivity contribution in [1.82, 2.24) is 4.98 Å². The first-order chi connectivity index (χ1) is 8.16. The van der Waals surface area contributed by atoms with Crippen LogP contribution >= 0.6 is 11.3 Å². The van der Waals surface area contributed by atoms with Gasteiger partial charge < -0.3 is 10.0 Å². The second kappa shape index (κ2) is 5.31. The van der Waals surface area contributed by atoms with Crippen LogP contribution in [-0.4, -0.2) is 28.6 Å². The summed E-state index contributed by atoms with van der Waals surface area (Å²) in [6.07, 6.45) is 6.37. The molecule has 0 saturated carbocycles. The lowest BCUT2D eigenvalue weighted by atomic mass is 10.1. The van der Waals surface area contributed by atoms with Crippen molar-refractivity contribution in [3.8, 4) is 0 Å². The van der Waals surface area contributed by atoms with Gasteiger partial charge in [-0.3, -0.25) is 0 Å². The van der Waals surface area contributed by atoms with Crippen molar-refractivity contribution in [2.45, 2.75) is 32.2 Å². The smallest absolute Gasteiger partial charge is 0.328 e. The Morgan fingerprint density at radius 3 is 3.18 bits per heavy atom. The molecule has 0 amide bonds. The number of carboxylic acids is 1. The van der Waals surface area contributed by atoms with Gasteiger partial charge in [-0.05, 0) is 32.3 Å². The molecule has 2 heterocycles. The van der Waals surface area contributed by atoms with Crippen LogP contribution in [0.2, 0.25) is 0 Å². The molecule has 92 valence electrons. The molecule has 1 aliphatic rings. The maximum absolute atomic E-state index is 10.4. The van der Waals surface area contributed by atoms with Gasteiger partial charge in [-0.15, -0.1) is 11.3 Å². The summed E-state index contributed by atoms with van der Waals surface area (Å²) in [6.45, 7) is 3.27. The maximum atomic E-state index is 10.4. The molecule has 0 radical (unpaired) electrons. The largest absolute Gasteiger partial charge is 0.478 e. The summed E-state index contributed by atoms with van der Waals surface area (Å²) in [6, 6.07) is 0.534. The number of hydrogen-bond acceptors (Lipinski definition) is 4. The predicted molar refractivity (Wildman–Crippen MR) is 69.4 cm³/mol. The van der Waals surface area contributed by atoms with Gasteiger partial charge in [-0.1, -0.05) is 0 Å². The van der Waals surface area contributed by atoms with E-state index >= 15 is 0 Å². The molecule has 2 rings (SSSR count). The van der Waals surface area contributed by atoms with E-state index in [0.717, 1.165) is 23.4 Å². The number of aromatic nitrogens is 1. The molecule has 1 N–H and O–H groups in total. The SMILES string of the molecule is CC1CCCCN1c1nc(/C=C/C(=O)O)cs1. The first-order valence-electron chi connectivity index (χ1n) is 5.80. The normalized spacial score (nSPS) is 21.0. The van der Waals surface area contributed by atoms with Crippen molar-refractivity contribution in [1.29, 1.82) is 0 Å². The van der Waals surface area contributed by atoms with Gasteiger partial charge in [0.1, 0.15) is 0 Å². The highest BCUT2D eigenvalue weighted by molar-refractivity contribution is 7.13. The highest BCUT2D eigenvalue weighted by Gasteiger charge is 2.20. The summed E-state index contributed by atoms with van der Waals surface area (Å²) in [5.74, 6) is -0.939. The lowest BCUT2D eigenvalue weighted by Crippen LogP contribution is -2.37. The Hall–Kier alpha value is -1.36. The maximum Gasteiger partial charge on any atom is 0.328 e. The van der Waals surface area contributed by atoms with E-state index in [9.17, 15) is 4.79 Å². The lowest BCUT2D eigenvalue weighted by molar-refractivity contribution is -0.131. The van der Waals surface area contributed by atoms with Crippen molar-refractivity contribution in [2.75, 3.05) is 11.4 Å². The molecule has 4 nitrogen and oxygen atoms in total. The molecule has 1 aromatic rings. The number of carbonyl (C=O) groups is 1. The number of piperidine rings is 1. The Morgan fingerprint density at radius 2 is 2.47 bits per heavy atom. The molecule has 0 aliphatic carbocycles. The van der Waals surface area contributed by atoms with Crippen molar-refractivity contribution < 1.29 is 9.90 Å². The summed E-state index contributed by atoms with van der Waals surface area (Å²) in [4.78, 5) is 17.2. The standard InChI is InChI=1S/C12H16N2O2S/c1-9-4-2-3-7-14(9)12-13-10(8-17-12)5-6-11(15)16/h5-6,8-9H,2-4,7H2,1H3,(H,15,16)/b6-5+. The second-order valence-corrected chi connectivity index (χ2v) is 5.10. The predicted octanol–water partition coefficient (Wildman–Crippen LogP) is 2.62. The fraction of sp³-hybridized carbons (Fsp3) is 0.500. The highest BCUT2D eigenvalue weighted by Crippen LogP contribution is 2.27. The lowest BCUT2D eigenvalue weighted by Gasteiger charge is -2.33. The average molecular weight is 252 g/mol. The number of hydrogen-bond donors (Lipinski definition) is 1. The number of aliphatic carboxylic acids is 1. The van der Waals surface area contributed by atoms with E-state index in [-0.39, 0.29) is 0 Å². The van der Waals surface area contributed by atoms with E-state index in [4.69, 9.17) is 5.11 Å². The third kappa shape index (κ3) is 3.06. The number of thiazole rings is 1. The van der Waals surface area contributed by atoms with Gasteiger partial charge in [-0.2, -0.15) is 0 Å². The molecule has 0 bridgehead atoms. The highest BCUT2D eigenvalue weighted by atomic mass is 32.1. The molecular formula is C12H16N2O2S. The van der Waals surface area contributed by atoms with E-state index in [1.54, 1.807) is 11.3 Å². The fourth-order valence-corrected chi connectivity index (χ4v) is 2.95. The molecule has 5 heteroatoms. The topological polar surface area (TPSA) is 53.4 Å². The molecule has 0 spiro atoms. The third-order valence-corrected chi connectivity index (χ3v) is 3.85. The van der Waals surface area contributed by atoms with Crippen LogP contribution in [0.3, 0.4) is 0 Å². The Labute approximate surface area is 105 Å². The van der Waals surface area contributed by atoms with Crippen LogP contribution in [0, 0.1) is 0 Å². The number of anilines is 1. The first kappa shape index (κ1) is 12.1. The van der Waals surface area contributed by atoms with E-state index in [2.05, 4.69) is 16.8 Å². The Morgan fingerprint density at radius 1 is 1.65 bits per heavy atom. The van der Waals surface area contributed by atoms with Gasteiger partial charge in [0.15, 0.2) is 5.13 Å². The van der Waals surface area contributed by atoms with Crippen molar-refractivity contribution in [2.24, 2.45) is 0 Å². The van der Waals surface area contributed by atoms with Crippen LogP contribution in [0.25, 0.3) is 6.08 Å². The molecule has 1 atom stereocenters. The van der Waals surface area contributed by atoms with Crippen LogP contribution in [-0.2, 0) is 4.79 Å². The van der Waals surface area contributed by atoms with E-state index in [0.29, 0.717) is 6.04 Å². The van der Waals surface area contributed by atoms with Crippen LogP contribution in [0.1, 0.15) is 31.9 Å². The van der Waals surface area contributed by atoms with Crippen LogP contribution in [0.4, 0.5) is 5.13 Å². The van der Waals surface area contributed by atoms with Crippen LogP contribution in [0.5, 0.6) is 0 Å². The zero-order valence-electron chi connectivity index (χ0n) is 9.80. The number of nitrogens with zero attached hydrogens (tertiary/aromatic N) is 2. The van der Waals surface area contributed by atoms with Gasteiger partial charge in [0, 0.05) is 24.0 Å². The van der Waals surface area contributed by atoms with Gasteiger partial charge in [0.2, 0.25) is 0 Å². The second-order valence-electron chi connectivity index (χ2n) is 4.26. The minimum Gasteiger partial charge on any atom is -0.478 e. The van der Waals surface area contributed by atoms with E-state index < -0.39 is 5.97 Å². The van der Waals surface area contributed by atoms with Gasteiger partial charge in [0.25, 0.3) is 0 Å². The summed E-state index contributed by atoms with van der Waals surface area (Å²) in [5.41, 5.74) is 0.727. The minimum atomic E-state index is -0.939. The summed E-state index contributed by atoms with van der Waals surface area (Å²) < 4.78 is 0. The molecule has 1 fully saturated rings. The molecule has 1 aliphatic heterocycles. The molecular weight excluding hydrogens is 236 g/mol. The van der Waals surface area contributed by atoms with E-state index in [1.807, 2.05) is 5.38 Å². The summed E-state index contributed by atoms with van der Waals surface area (Å²) in [5, 5.41) is 11.5. The first-order valence-corrected chi connectivity index (χ1v) is 6.68. The zero-order chi connectivity index (χ0) is 12.3. The van der Waals surface area contributed by atoms with Crippen molar-refractivity contribution in [3.05, 3.63) is 17.2 Å². The summed E-state index contributed by atoms with van der Waals surface area (Å²) in [7, 11) is 0. The average Bonchev–Trinajstić information content (AvgIpc) is 2.75. The quantitative estimate of drug-likeness (QED) is 0.840. The van der Waals surface area contributed by atoms with Gasteiger partial charge in [0.05, 0.1) is 5.69 Å². The van der Waals surface area contributed by atoms with E-state index in [1.165, 1.54) is 25.3 Å². The van der Waals surface area contributed by atoms with Crippen LogP contribution < -0.4 is 4.90 Å². The minimum absolute atomic E-state index is 0.534. The number of carboxylic acid groups (broad SMARTS) is 1. The van der Waals surface area contributed by atoms with Crippen molar-refractivity contribution in [3.63, 3.8) is 0 Å². The zero-order valence-corrected chi connectivity index (χ0v) is 10.6. The third-order valence-electron chi connectivity index (χ3n) is 2.96.